The van der Waals surface area contributed by atoms with Crippen LogP contribution in [0.4, 0.5) is 18.9 Å². The number of hydrogen-bond donors (Lipinski definition) is 1. The summed E-state index contributed by atoms with van der Waals surface area (Å²) in [7, 11) is 0. The van der Waals surface area contributed by atoms with Gasteiger partial charge >= 0.3 is 6.18 Å². The zero-order valence-corrected chi connectivity index (χ0v) is 11.6. The normalized spacial score (nSPS) is 29.8. The van der Waals surface area contributed by atoms with Crippen LogP contribution >= 0.6 is 0 Å². The van der Waals surface area contributed by atoms with Crippen molar-refractivity contribution in [2.24, 2.45) is 0 Å². The highest BCUT2D eigenvalue weighted by atomic mass is 19.4. The van der Waals surface area contributed by atoms with E-state index in [0.717, 1.165) is 31.4 Å². The summed E-state index contributed by atoms with van der Waals surface area (Å²) in [4.78, 5) is 0. The van der Waals surface area contributed by atoms with Crippen molar-refractivity contribution < 1.29 is 22.6 Å². The van der Waals surface area contributed by atoms with E-state index in [-0.39, 0.29) is 11.6 Å². The quantitative estimate of drug-likeness (QED) is 0.907. The van der Waals surface area contributed by atoms with Gasteiger partial charge in [-0.25, -0.2) is 0 Å². The lowest BCUT2D eigenvalue weighted by atomic mass is 9.89. The van der Waals surface area contributed by atoms with Gasteiger partial charge in [-0.05, 0) is 37.1 Å². The van der Waals surface area contributed by atoms with E-state index in [2.05, 4.69) is 5.32 Å². The fourth-order valence-corrected chi connectivity index (χ4v) is 3.01. The summed E-state index contributed by atoms with van der Waals surface area (Å²) >= 11 is 0. The first-order valence-corrected chi connectivity index (χ1v) is 7.12. The third-order valence-electron chi connectivity index (χ3n) is 4.14. The van der Waals surface area contributed by atoms with Gasteiger partial charge in [0.25, 0.3) is 0 Å². The average molecular weight is 301 g/mol. The van der Waals surface area contributed by atoms with Gasteiger partial charge in [-0.3, -0.25) is 0 Å². The van der Waals surface area contributed by atoms with Crippen LogP contribution in [0.15, 0.2) is 24.3 Å². The molecule has 1 aromatic rings. The Morgan fingerprint density at radius 3 is 2.52 bits per heavy atom. The van der Waals surface area contributed by atoms with Gasteiger partial charge in [0.15, 0.2) is 0 Å². The maximum atomic E-state index is 12.5. The Morgan fingerprint density at radius 1 is 1.14 bits per heavy atom. The van der Waals surface area contributed by atoms with Gasteiger partial charge in [0.2, 0.25) is 0 Å². The number of alkyl halides is 3. The number of halogens is 3. The van der Waals surface area contributed by atoms with Gasteiger partial charge in [0.05, 0.1) is 17.8 Å². The SMILES string of the molecule is FC(F)(F)c1ccc(NC2CCOC3(CCOC3)C2)cc1. The van der Waals surface area contributed by atoms with Gasteiger partial charge in [0, 0.05) is 31.4 Å². The summed E-state index contributed by atoms with van der Waals surface area (Å²) in [5, 5.41) is 3.31. The Hall–Kier alpha value is -1.27. The van der Waals surface area contributed by atoms with Crippen molar-refractivity contribution in [2.75, 3.05) is 25.1 Å². The highest BCUT2D eigenvalue weighted by Crippen LogP contribution is 2.34. The highest BCUT2D eigenvalue weighted by Gasteiger charge is 2.41. The molecule has 2 saturated heterocycles. The van der Waals surface area contributed by atoms with Crippen molar-refractivity contribution in [3.63, 3.8) is 0 Å². The summed E-state index contributed by atoms with van der Waals surface area (Å²) in [5.74, 6) is 0. The van der Waals surface area contributed by atoms with Crippen LogP contribution in [0.3, 0.4) is 0 Å². The summed E-state index contributed by atoms with van der Waals surface area (Å²) in [6.45, 7) is 1.98. The minimum atomic E-state index is -4.29. The van der Waals surface area contributed by atoms with Gasteiger partial charge in [-0.15, -0.1) is 0 Å². The molecule has 1 spiro atoms. The lowest BCUT2D eigenvalue weighted by Crippen LogP contribution is -2.44. The van der Waals surface area contributed by atoms with E-state index in [1.165, 1.54) is 12.1 Å². The molecule has 0 amide bonds. The fourth-order valence-electron chi connectivity index (χ4n) is 3.01. The lowest BCUT2D eigenvalue weighted by Gasteiger charge is -2.37. The van der Waals surface area contributed by atoms with E-state index in [0.29, 0.717) is 25.5 Å². The van der Waals surface area contributed by atoms with Crippen LogP contribution in [0.1, 0.15) is 24.8 Å². The molecule has 2 fully saturated rings. The second-order valence-corrected chi connectivity index (χ2v) is 5.74. The molecule has 1 aromatic carbocycles. The molecule has 3 rings (SSSR count). The summed E-state index contributed by atoms with van der Waals surface area (Å²) in [6, 6.07) is 5.38. The predicted molar refractivity (Wildman–Crippen MR) is 72.2 cm³/mol. The van der Waals surface area contributed by atoms with E-state index in [9.17, 15) is 13.2 Å². The first kappa shape index (κ1) is 14.7. The number of anilines is 1. The van der Waals surface area contributed by atoms with E-state index in [4.69, 9.17) is 9.47 Å². The Kier molecular flexibility index (Phi) is 3.84. The molecular weight excluding hydrogens is 283 g/mol. The number of benzene rings is 1. The molecule has 0 radical (unpaired) electrons. The Morgan fingerprint density at radius 2 is 1.90 bits per heavy atom. The highest BCUT2D eigenvalue weighted by molar-refractivity contribution is 5.46. The topological polar surface area (TPSA) is 30.5 Å². The predicted octanol–water partition coefficient (Wildman–Crippen LogP) is 3.46. The molecular formula is C15H18F3NO2. The number of rotatable bonds is 2. The maximum absolute atomic E-state index is 12.5. The van der Waals surface area contributed by atoms with Crippen LogP contribution in [0, 0.1) is 0 Å². The second kappa shape index (κ2) is 5.50. The molecule has 6 heteroatoms. The third kappa shape index (κ3) is 3.32. The van der Waals surface area contributed by atoms with Crippen LogP contribution in [0.25, 0.3) is 0 Å². The monoisotopic (exact) mass is 301 g/mol. The van der Waals surface area contributed by atoms with E-state index >= 15 is 0 Å². The molecule has 0 saturated carbocycles. The van der Waals surface area contributed by atoms with Crippen molar-refractivity contribution >= 4 is 5.69 Å². The first-order valence-electron chi connectivity index (χ1n) is 7.12. The molecule has 2 heterocycles. The zero-order valence-electron chi connectivity index (χ0n) is 11.6. The van der Waals surface area contributed by atoms with E-state index in [1.54, 1.807) is 0 Å². The van der Waals surface area contributed by atoms with Crippen molar-refractivity contribution in [3.05, 3.63) is 29.8 Å². The van der Waals surface area contributed by atoms with Gasteiger partial charge in [-0.2, -0.15) is 13.2 Å². The zero-order chi connectivity index (χ0) is 14.9. The number of ether oxygens (including phenoxy) is 2. The molecule has 2 aliphatic heterocycles. The van der Waals surface area contributed by atoms with Crippen LogP contribution in [0.5, 0.6) is 0 Å². The molecule has 0 aromatic heterocycles. The molecule has 2 atom stereocenters. The van der Waals surface area contributed by atoms with Crippen LogP contribution in [-0.2, 0) is 15.7 Å². The lowest BCUT2D eigenvalue weighted by molar-refractivity contribution is -0.137. The minimum Gasteiger partial charge on any atom is -0.382 e. The molecule has 0 aliphatic carbocycles. The summed E-state index contributed by atoms with van der Waals surface area (Å²) in [5.41, 5.74) is -0.119. The minimum absolute atomic E-state index is 0.206. The molecule has 2 unspecified atom stereocenters. The van der Waals surface area contributed by atoms with Crippen LogP contribution < -0.4 is 5.32 Å². The van der Waals surface area contributed by atoms with Gasteiger partial charge in [-0.1, -0.05) is 0 Å². The van der Waals surface area contributed by atoms with Crippen molar-refractivity contribution in [1.29, 1.82) is 0 Å². The smallest absolute Gasteiger partial charge is 0.382 e. The Labute approximate surface area is 121 Å². The van der Waals surface area contributed by atoms with Gasteiger partial charge in [0.1, 0.15) is 0 Å². The maximum Gasteiger partial charge on any atom is 0.416 e. The van der Waals surface area contributed by atoms with Gasteiger partial charge < -0.3 is 14.8 Å². The van der Waals surface area contributed by atoms with Crippen molar-refractivity contribution in [3.8, 4) is 0 Å². The molecule has 3 nitrogen and oxygen atoms in total. The number of hydrogen-bond acceptors (Lipinski definition) is 3. The molecule has 0 bridgehead atoms. The van der Waals surface area contributed by atoms with E-state index in [1.807, 2.05) is 0 Å². The molecule has 2 aliphatic rings. The number of nitrogens with one attached hydrogen (secondary N) is 1. The van der Waals surface area contributed by atoms with Crippen molar-refractivity contribution in [2.45, 2.75) is 37.1 Å². The van der Waals surface area contributed by atoms with E-state index < -0.39 is 11.7 Å². The fraction of sp³-hybridized carbons (Fsp3) is 0.600. The summed E-state index contributed by atoms with van der Waals surface area (Å²) in [6.07, 6.45) is -1.72. The van der Waals surface area contributed by atoms with Crippen molar-refractivity contribution in [1.82, 2.24) is 0 Å². The molecule has 21 heavy (non-hydrogen) atoms. The average Bonchev–Trinajstić information content (AvgIpc) is 2.86. The largest absolute Gasteiger partial charge is 0.416 e. The third-order valence-corrected chi connectivity index (χ3v) is 4.14. The standard InChI is InChI=1S/C15H18F3NO2/c16-15(17,18)11-1-3-12(4-2-11)19-13-5-7-21-14(9-13)6-8-20-10-14/h1-4,13,19H,5-10H2. The molecule has 1 N–H and O–H groups in total. The Bertz CT molecular complexity index is 481. The Balaban J connectivity index is 1.63. The van der Waals surface area contributed by atoms with Crippen LogP contribution in [-0.4, -0.2) is 31.5 Å². The molecule has 116 valence electrons. The van der Waals surface area contributed by atoms with Crippen LogP contribution in [0.2, 0.25) is 0 Å². The second-order valence-electron chi connectivity index (χ2n) is 5.74. The first-order chi connectivity index (χ1) is 9.97. The summed E-state index contributed by atoms with van der Waals surface area (Å²) < 4.78 is 48.8.